The predicted octanol–water partition coefficient (Wildman–Crippen LogP) is 4.00. The molecule has 26 heavy (non-hydrogen) atoms. The Morgan fingerprint density at radius 1 is 1.19 bits per heavy atom. The van der Waals surface area contributed by atoms with Gasteiger partial charge >= 0.3 is 6.18 Å². The lowest BCUT2D eigenvalue weighted by Crippen LogP contribution is -2.52. The van der Waals surface area contributed by atoms with Gasteiger partial charge in [-0.1, -0.05) is 30.0 Å². The Hall–Kier alpha value is -2.59. The van der Waals surface area contributed by atoms with Gasteiger partial charge in [-0.3, -0.25) is 14.9 Å². The van der Waals surface area contributed by atoms with E-state index in [1.165, 1.54) is 12.1 Å². The van der Waals surface area contributed by atoms with E-state index in [1.54, 1.807) is 30.3 Å². The normalized spacial score (nSPS) is 13.7. The molecule has 2 rings (SSSR count). The summed E-state index contributed by atoms with van der Waals surface area (Å²) in [4.78, 5) is 23.2. The van der Waals surface area contributed by atoms with Crippen LogP contribution in [0.25, 0.3) is 0 Å². The molecule has 0 fully saturated rings. The monoisotopic (exact) mass is 386 g/mol. The Kier molecular flexibility index (Phi) is 5.57. The van der Waals surface area contributed by atoms with Gasteiger partial charge in [0.2, 0.25) is 5.60 Å². The van der Waals surface area contributed by atoms with Gasteiger partial charge in [0.25, 0.3) is 11.6 Å². The van der Waals surface area contributed by atoms with E-state index in [1.807, 2.05) is 5.32 Å². The van der Waals surface area contributed by atoms with Crippen molar-refractivity contribution in [3.05, 3.63) is 58.6 Å². The summed E-state index contributed by atoms with van der Waals surface area (Å²) in [6, 6.07) is 12.2. The van der Waals surface area contributed by atoms with Gasteiger partial charge in [-0.2, -0.15) is 13.2 Å². The van der Waals surface area contributed by atoms with Crippen LogP contribution in [-0.2, 0) is 4.79 Å². The summed E-state index contributed by atoms with van der Waals surface area (Å²) in [6.07, 6.45) is -5.19. The molecule has 0 heterocycles. The molecule has 10 heteroatoms. The van der Waals surface area contributed by atoms with Crippen LogP contribution in [0.3, 0.4) is 0 Å². The van der Waals surface area contributed by atoms with Crippen LogP contribution >= 0.6 is 11.8 Å². The van der Waals surface area contributed by atoms with Gasteiger partial charge in [0.1, 0.15) is 0 Å². The minimum atomic E-state index is -5.19. The Bertz CT molecular complexity index is 826. The lowest BCUT2D eigenvalue weighted by atomic mass is 10.1. The summed E-state index contributed by atoms with van der Waals surface area (Å²) in [7, 11) is 0. The number of carbonyl (C=O) groups excluding carboxylic acids is 1. The van der Waals surface area contributed by atoms with Crippen molar-refractivity contribution in [2.24, 2.45) is 0 Å². The Morgan fingerprint density at radius 2 is 1.81 bits per heavy atom. The first-order chi connectivity index (χ1) is 12.0. The van der Waals surface area contributed by atoms with Crippen LogP contribution in [0.2, 0.25) is 0 Å². The summed E-state index contributed by atoms with van der Waals surface area (Å²) < 4.78 is 38.0. The fourth-order valence-electron chi connectivity index (χ4n) is 1.82. The second-order valence-corrected chi connectivity index (χ2v) is 6.49. The fraction of sp³-hybridized carbons (Fsp3) is 0.188. The van der Waals surface area contributed by atoms with E-state index in [-0.39, 0.29) is 16.3 Å². The fourth-order valence-corrected chi connectivity index (χ4v) is 2.74. The number of anilines is 1. The summed E-state index contributed by atoms with van der Waals surface area (Å²) in [5.41, 5.74) is -4.24. The zero-order valence-electron chi connectivity index (χ0n) is 13.3. The van der Waals surface area contributed by atoms with Gasteiger partial charge in [-0.25, -0.2) is 0 Å². The molecule has 0 aliphatic heterocycles. The second-order valence-electron chi connectivity index (χ2n) is 5.38. The van der Waals surface area contributed by atoms with Gasteiger partial charge in [0.05, 0.1) is 9.82 Å². The maximum absolute atomic E-state index is 12.7. The maximum atomic E-state index is 12.7. The van der Waals surface area contributed by atoms with Crippen LogP contribution in [0, 0.1) is 10.1 Å². The average molecular weight is 386 g/mol. The number of nitro benzene ring substituents is 1. The number of hydrogen-bond acceptors (Lipinski definition) is 5. The first-order valence-corrected chi connectivity index (χ1v) is 7.96. The Labute approximate surface area is 150 Å². The van der Waals surface area contributed by atoms with Crippen LogP contribution in [0.4, 0.5) is 24.5 Å². The third-order valence-electron chi connectivity index (χ3n) is 3.38. The predicted molar refractivity (Wildman–Crippen MR) is 89.0 cm³/mol. The molecule has 0 saturated carbocycles. The minimum Gasteiger partial charge on any atom is -0.373 e. The van der Waals surface area contributed by atoms with Crippen molar-refractivity contribution in [1.82, 2.24) is 0 Å². The van der Waals surface area contributed by atoms with E-state index in [0.717, 1.165) is 22.7 Å². The molecule has 0 aliphatic carbocycles. The number of benzene rings is 2. The molecule has 6 nitrogen and oxygen atoms in total. The number of amides is 1. The summed E-state index contributed by atoms with van der Waals surface area (Å²) in [6.45, 7) is 0.302. The summed E-state index contributed by atoms with van der Waals surface area (Å²) >= 11 is 1.10. The van der Waals surface area contributed by atoms with Crippen LogP contribution in [0.1, 0.15) is 6.92 Å². The number of rotatable bonds is 5. The number of halogens is 3. The van der Waals surface area contributed by atoms with Crippen molar-refractivity contribution in [2.45, 2.75) is 28.5 Å². The molecule has 2 aromatic rings. The molecule has 1 unspecified atom stereocenters. The minimum absolute atomic E-state index is 0.233. The molecule has 138 valence electrons. The highest BCUT2D eigenvalue weighted by Gasteiger charge is 2.55. The third-order valence-corrected chi connectivity index (χ3v) is 4.45. The number of hydrogen-bond donors (Lipinski definition) is 2. The first-order valence-electron chi connectivity index (χ1n) is 7.14. The van der Waals surface area contributed by atoms with Crippen molar-refractivity contribution in [3.63, 3.8) is 0 Å². The van der Waals surface area contributed by atoms with E-state index < -0.39 is 22.6 Å². The van der Waals surface area contributed by atoms with Gasteiger partial charge in [0.15, 0.2) is 0 Å². The SMILES string of the molecule is CC(O)(C(=O)Nc1ccc(Sc2ccccc2)c([N+](=O)[O-])c1)C(F)(F)F. The molecule has 0 spiro atoms. The van der Waals surface area contributed by atoms with E-state index in [4.69, 9.17) is 0 Å². The summed E-state index contributed by atoms with van der Waals surface area (Å²) in [5, 5.41) is 22.4. The molecule has 0 aromatic heterocycles. The summed E-state index contributed by atoms with van der Waals surface area (Å²) in [5.74, 6) is -1.73. The highest BCUT2D eigenvalue weighted by Crippen LogP contribution is 2.37. The Morgan fingerprint density at radius 3 is 2.35 bits per heavy atom. The molecule has 0 radical (unpaired) electrons. The molecule has 0 aliphatic rings. The number of carbonyl (C=O) groups is 1. The molecular weight excluding hydrogens is 373 g/mol. The van der Waals surface area contributed by atoms with Crippen LogP contribution < -0.4 is 5.32 Å². The third kappa shape index (κ3) is 4.33. The average Bonchev–Trinajstić information content (AvgIpc) is 2.55. The largest absolute Gasteiger partial charge is 0.426 e. The van der Waals surface area contributed by atoms with E-state index in [2.05, 4.69) is 0 Å². The number of nitro groups is 1. The highest BCUT2D eigenvalue weighted by molar-refractivity contribution is 7.99. The van der Waals surface area contributed by atoms with Gasteiger partial charge in [-0.15, -0.1) is 0 Å². The molecule has 1 amide bonds. The van der Waals surface area contributed by atoms with E-state index in [9.17, 15) is 33.2 Å². The maximum Gasteiger partial charge on any atom is 0.426 e. The number of nitrogens with one attached hydrogen (secondary N) is 1. The zero-order chi connectivity index (χ0) is 19.5. The lowest BCUT2D eigenvalue weighted by Gasteiger charge is -2.24. The van der Waals surface area contributed by atoms with E-state index in [0.29, 0.717) is 6.92 Å². The highest BCUT2D eigenvalue weighted by atomic mass is 32.2. The van der Waals surface area contributed by atoms with Gasteiger partial charge in [-0.05, 0) is 31.2 Å². The molecular formula is C16H13F3N2O4S. The molecule has 0 saturated heterocycles. The quantitative estimate of drug-likeness (QED) is 0.599. The topological polar surface area (TPSA) is 92.5 Å². The van der Waals surface area contributed by atoms with Crippen molar-refractivity contribution >= 4 is 29.0 Å². The first kappa shape index (κ1) is 19.7. The standard InChI is InChI=1S/C16H13F3N2O4S/c1-15(23,16(17,18)19)14(22)20-10-7-8-13(12(9-10)21(24)25)26-11-5-3-2-4-6-11/h2-9,23H,1H3,(H,20,22). The van der Waals surface area contributed by atoms with Crippen LogP contribution in [-0.4, -0.2) is 27.7 Å². The number of aliphatic hydroxyl groups is 1. The van der Waals surface area contributed by atoms with Crippen molar-refractivity contribution in [2.75, 3.05) is 5.32 Å². The number of alkyl halides is 3. The van der Waals surface area contributed by atoms with Crippen molar-refractivity contribution < 1.29 is 28.0 Å². The van der Waals surface area contributed by atoms with Crippen LogP contribution in [0.5, 0.6) is 0 Å². The smallest absolute Gasteiger partial charge is 0.373 e. The number of nitrogens with zero attached hydrogens (tertiary/aromatic N) is 1. The second kappa shape index (κ2) is 7.34. The Balaban J connectivity index is 2.28. The van der Waals surface area contributed by atoms with Crippen LogP contribution in [0.15, 0.2) is 58.3 Å². The van der Waals surface area contributed by atoms with Gasteiger partial charge < -0.3 is 10.4 Å². The van der Waals surface area contributed by atoms with Crippen molar-refractivity contribution in [3.8, 4) is 0 Å². The molecule has 1 atom stereocenters. The van der Waals surface area contributed by atoms with Gasteiger partial charge in [0, 0.05) is 16.6 Å². The molecule has 2 N–H and O–H groups in total. The van der Waals surface area contributed by atoms with Crippen molar-refractivity contribution in [1.29, 1.82) is 0 Å². The molecule has 2 aromatic carbocycles. The zero-order valence-corrected chi connectivity index (χ0v) is 14.1. The van der Waals surface area contributed by atoms with E-state index >= 15 is 0 Å². The lowest BCUT2D eigenvalue weighted by molar-refractivity contribution is -0.387. The molecule has 0 bridgehead atoms.